The van der Waals surface area contributed by atoms with Gasteiger partial charge in [-0.3, -0.25) is 4.79 Å². The minimum Gasteiger partial charge on any atom is -0.535 e. The van der Waals surface area contributed by atoms with Gasteiger partial charge in [0.2, 0.25) is 5.78 Å². The van der Waals surface area contributed by atoms with Crippen LogP contribution in [0.15, 0.2) is 48.5 Å². The minimum atomic E-state index is -3.43. The predicted octanol–water partition coefficient (Wildman–Crippen LogP) is 3.83. The number of para-hydroxylation sites is 1. The SMILES string of the molecule is CCC(F)(F)C(=O)C[C@H]1Cc2cccc(C(=O)OCc3ccccc3)c2OB1O. The molecule has 1 aliphatic rings. The molecule has 0 aliphatic carbocycles. The van der Waals surface area contributed by atoms with E-state index in [0.29, 0.717) is 5.56 Å². The largest absolute Gasteiger partial charge is 0.535 e. The molecule has 0 bridgehead atoms. The number of carbonyl (C=O) groups is 2. The molecule has 0 aromatic heterocycles. The molecule has 1 N–H and O–H groups in total. The summed E-state index contributed by atoms with van der Waals surface area (Å²) in [5, 5.41) is 10.2. The quantitative estimate of drug-likeness (QED) is 0.563. The predicted molar refractivity (Wildman–Crippen MR) is 103 cm³/mol. The summed E-state index contributed by atoms with van der Waals surface area (Å²) in [7, 11) is -1.47. The zero-order valence-corrected chi connectivity index (χ0v) is 15.9. The summed E-state index contributed by atoms with van der Waals surface area (Å²) in [5.41, 5.74) is 1.52. The highest BCUT2D eigenvalue weighted by Crippen LogP contribution is 2.38. The van der Waals surface area contributed by atoms with Crippen molar-refractivity contribution in [1.29, 1.82) is 0 Å². The van der Waals surface area contributed by atoms with Gasteiger partial charge in [-0.2, -0.15) is 8.78 Å². The van der Waals surface area contributed by atoms with Crippen LogP contribution in [0.2, 0.25) is 5.82 Å². The minimum absolute atomic E-state index is 0.0785. The van der Waals surface area contributed by atoms with Crippen LogP contribution in [0.3, 0.4) is 0 Å². The van der Waals surface area contributed by atoms with Crippen molar-refractivity contribution in [3.05, 3.63) is 65.2 Å². The summed E-state index contributed by atoms with van der Waals surface area (Å²) in [4.78, 5) is 24.3. The van der Waals surface area contributed by atoms with Gasteiger partial charge in [-0.15, -0.1) is 0 Å². The van der Waals surface area contributed by atoms with Crippen LogP contribution < -0.4 is 4.65 Å². The van der Waals surface area contributed by atoms with Crippen LogP contribution in [-0.4, -0.2) is 29.8 Å². The van der Waals surface area contributed by atoms with Gasteiger partial charge in [0.1, 0.15) is 17.9 Å². The van der Waals surface area contributed by atoms with E-state index in [2.05, 4.69) is 0 Å². The van der Waals surface area contributed by atoms with Crippen LogP contribution in [0.1, 0.15) is 41.3 Å². The molecule has 0 spiro atoms. The topological polar surface area (TPSA) is 72.8 Å². The number of fused-ring (bicyclic) bond motifs is 1. The van der Waals surface area contributed by atoms with E-state index in [0.717, 1.165) is 5.56 Å². The first-order valence-electron chi connectivity index (χ1n) is 9.40. The molecule has 29 heavy (non-hydrogen) atoms. The lowest BCUT2D eigenvalue weighted by molar-refractivity contribution is -0.143. The molecule has 2 aromatic rings. The van der Waals surface area contributed by atoms with Crippen LogP contribution in [-0.2, 0) is 22.6 Å². The molecule has 8 heteroatoms. The normalized spacial score (nSPS) is 16.0. The summed E-state index contributed by atoms with van der Waals surface area (Å²) in [6.07, 6.45) is -0.963. The average Bonchev–Trinajstić information content (AvgIpc) is 2.72. The molecule has 0 saturated heterocycles. The smallest absolute Gasteiger partial charge is 0.526 e. The lowest BCUT2D eigenvalue weighted by Crippen LogP contribution is -2.38. The summed E-state index contributed by atoms with van der Waals surface area (Å²) in [6, 6.07) is 14.0. The molecule has 0 amide bonds. The van der Waals surface area contributed by atoms with Crippen LogP contribution in [0.5, 0.6) is 5.75 Å². The van der Waals surface area contributed by atoms with Gasteiger partial charge in [0.15, 0.2) is 0 Å². The summed E-state index contributed by atoms with van der Waals surface area (Å²) >= 11 is 0. The first-order valence-corrected chi connectivity index (χ1v) is 9.40. The second-order valence-corrected chi connectivity index (χ2v) is 7.01. The third-order valence-corrected chi connectivity index (χ3v) is 4.95. The van der Waals surface area contributed by atoms with E-state index in [1.165, 1.54) is 13.0 Å². The third-order valence-electron chi connectivity index (χ3n) is 4.95. The molecule has 152 valence electrons. The molecule has 1 atom stereocenters. The molecule has 2 aromatic carbocycles. The summed E-state index contributed by atoms with van der Waals surface area (Å²) in [6.45, 7) is 1.31. The summed E-state index contributed by atoms with van der Waals surface area (Å²) in [5.74, 6) is -5.94. The second kappa shape index (κ2) is 8.74. The number of alkyl halides is 2. The maximum atomic E-state index is 13.6. The Morgan fingerprint density at radius 3 is 2.62 bits per heavy atom. The van der Waals surface area contributed by atoms with Crippen LogP contribution in [0.25, 0.3) is 0 Å². The van der Waals surface area contributed by atoms with Crippen molar-refractivity contribution >= 4 is 18.9 Å². The number of halogens is 2. The Hall–Kier alpha value is -2.74. The Labute approximate surface area is 167 Å². The molecule has 0 saturated carbocycles. The fraction of sp³-hybridized carbons (Fsp3) is 0.333. The van der Waals surface area contributed by atoms with Crippen LogP contribution in [0.4, 0.5) is 8.78 Å². The van der Waals surface area contributed by atoms with Crippen molar-refractivity contribution in [2.75, 3.05) is 0 Å². The molecular weight excluding hydrogens is 381 g/mol. The van der Waals surface area contributed by atoms with Gasteiger partial charge in [0.05, 0.1) is 0 Å². The highest BCUT2D eigenvalue weighted by Gasteiger charge is 2.43. The van der Waals surface area contributed by atoms with Gasteiger partial charge in [0, 0.05) is 18.7 Å². The molecular formula is C21H21BF2O5. The number of ether oxygens (including phenoxy) is 1. The van der Waals surface area contributed by atoms with Crippen molar-refractivity contribution in [3.8, 4) is 5.75 Å². The Bertz CT molecular complexity index is 888. The average molecular weight is 402 g/mol. The van der Waals surface area contributed by atoms with Crippen LogP contribution in [0, 0.1) is 0 Å². The fourth-order valence-electron chi connectivity index (χ4n) is 3.20. The number of benzene rings is 2. The van der Waals surface area contributed by atoms with Gasteiger partial charge in [-0.1, -0.05) is 49.4 Å². The number of ketones is 1. The van der Waals surface area contributed by atoms with Gasteiger partial charge in [-0.05, 0) is 23.6 Å². The maximum Gasteiger partial charge on any atom is 0.526 e. The van der Waals surface area contributed by atoms with E-state index in [4.69, 9.17) is 9.39 Å². The van der Waals surface area contributed by atoms with E-state index >= 15 is 0 Å². The number of hydrogen-bond acceptors (Lipinski definition) is 5. The molecule has 3 rings (SSSR count). The Morgan fingerprint density at radius 2 is 1.93 bits per heavy atom. The first kappa shape index (κ1) is 21.0. The van der Waals surface area contributed by atoms with Gasteiger partial charge >= 0.3 is 19.0 Å². The van der Waals surface area contributed by atoms with E-state index in [-0.39, 0.29) is 24.3 Å². The van der Waals surface area contributed by atoms with Gasteiger partial charge in [0.25, 0.3) is 0 Å². The molecule has 0 fully saturated rings. The number of hydrogen-bond donors (Lipinski definition) is 1. The fourth-order valence-corrected chi connectivity index (χ4v) is 3.20. The number of Topliss-reactive ketones (excluding diaryl/α,β-unsaturated/α-hetero) is 1. The number of rotatable bonds is 7. The molecule has 0 radical (unpaired) electrons. The Morgan fingerprint density at radius 1 is 1.21 bits per heavy atom. The first-order chi connectivity index (χ1) is 13.8. The third kappa shape index (κ3) is 4.82. The van der Waals surface area contributed by atoms with E-state index in [9.17, 15) is 23.4 Å². The highest BCUT2D eigenvalue weighted by molar-refractivity contribution is 6.47. The Kier molecular flexibility index (Phi) is 6.32. The van der Waals surface area contributed by atoms with Crippen LogP contribution >= 0.6 is 0 Å². The zero-order chi connectivity index (χ0) is 21.0. The summed E-state index contributed by atoms with van der Waals surface area (Å²) < 4.78 is 37.9. The molecule has 1 heterocycles. The number of esters is 1. The second-order valence-electron chi connectivity index (χ2n) is 7.01. The van der Waals surface area contributed by atoms with E-state index < -0.39 is 43.5 Å². The van der Waals surface area contributed by atoms with Crippen molar-refractivity contribution < 1.29 is 32.8 Å². The van der Waals surface area contributed by atoms with Gasteiger partial charge < -0.3 is 14.4 Å². The highest BCUT2D eigenvalue weighted by atomic mass is 19.3. The van der Waals surface area contributed by atoms with E-state index in [1.54, 1.807) is 12.1 Å². The van der Waals surface area contributed by atoms with Crippen molar-refractivity contribution in [2.24, 2.45) is 0 Å². The molecule has 0 unspecified atom stereocenters. The lowest BCUT2D eigenvalue weighted by atomic mass is 9.64. The molecule has 5 nitrogen and oxygen atoms in total. The van der Waals surface area contributed by atoms with Crippen molar-refractivity contribution in [1.82, 2.24) is 0 Å². The van der Waals surface area contributed by atoms with Crippen molar-refractivity contribution in [3.63, 3.8) is 0 Å². The number of carbonyl (C=O) groups excluding carboxylic acids is 2. The maximum absolute atomic E-state index is 13.6. The van der Waals surface area contributed by atoms with Crippen molar-refractivity contribution in [2.45, 2.75) is 44.5 Å². The van der Waals surface area contributed by atoms with E-state index in [1.807, 2.05) is 30.3 Å². The monoisotopic (exact) mass is 402 g/mol. The zero-order valence-electron chi connectivity index (χ0n) is 15.9. The molecule has 1 aliphatic heterocycles. The van der Waals surface area contributed by atoms with Gasteiger partial charge in [-0.25, -0.2) is 4.79 Å². The standard InChI is InChI=1S/C21H21BF2O5/c1-2-21(23,24)18(25)12-16-11-15-9-6-10-17(19(15)29-22(16)27)20(26)28-13-14-7-4-3-5-8-14/h3-10,16,27H,2,11-13H2,1H3/t16-/m1/s1. The Balaban J connectivity index is 1.72. The lowest BCUT2D eigenvalue weighted by Gasteiger charge is -2.29.